The molecule has 0 radical (unpaired) electrons. The number of aliphatic hydroxyl groups excluding tert-OH is 1. The van der Waals surface area contributed by atoms with E-state index in [4.69, 9.17) is 5.14 Å². The average Bonchev–Trinajstić information content (AvgIpc) is 3.47. The monoisotopic (exact) mass is 472 g/mol. The summed E-state index contributed by atoms with van der Waals surface area (Å²) in [7, 11) is -8.73. The third-order valence-corrected chi connectivity index (χ3v) is 8.19. The van der Waals surface area contributed by atoms with E-state index in [0.29, 0.717) is 44.7 Å². The number of aromatic amines is 1. The standard InChI is InChI=1S/C16H24N8O5S2/c17-30(26,27)15-13(31(28,29)21-11-3-5-18-7-11)2-1-12(14(15)16-19-22-23-20-16)24-6-4-10(8-24)9-25/h1-2,10-11,18,21,25H,3-9H2,(H2,17,26,27)(H,19,20,22,23)/t10-,11-/m1/s1. The lowest BCUT2D eigenvalue weighted by Gasteiger charge is -2.24. The smallest absolute Gasteiger partial charge is 0.242 e. The molecule has 1 aromatic heterocycles. The number of anilines is 1. The molecule has 0 bridgehead atoms. The third kappa shape index (κ3) is 4.42. The molecule has 13 nitrogen and oxygen atoms in total. The molecule has 3 heterocycles. The number of H-pyrrole nitrogens is 1. The first kappa shape index (κ1) is 22.0. The summed E-state index contributed by atoms with van der Waals surface area (Å²) in [5.41, 5.74) is 0.366. The van der Waals surface area contributed by atoms with Crippen LogP contribution in [-0.4, -0.2) is 81.4 Å². The summed E-state index contributed by atoms with van der Waals surface area (Å²) in [6.07, 6.45) is 1.28. The molecule has 6 N–H and O–H groups in total. The van der Waals surface area contributed by atoms with Gasteiger partial charge in [0.1, 0.15) is 9.79 Å². The number of tetrazole rings is 1. The minimum atomic E-state index is -4.51. The van der Waals surface area contributed by atoms with Crippen molar-refractivity contribution in [2.75, 3.05) is 37.7 Å². The number of aromatic nitrogens is 4. The predicted molar refractivity (Wildman–Crippen MR) is 110 cm³/mol. The van der Waals surface area contributed by atoms with Gasteiger partial charge in [-0.3, -0.25) is 0 Å². The first-order valence-corrected chi connectivity index (χ1v) is 12.8. The lowest BCUT2D eigenvalue weighted by atomic mass is 10.1. The van der Waals surface area contributed by atoms with Crippen LogP contribution in [0.15, 0.2) is 21.9 Å². The molecular weight excluding hydrogens is 448 g/mol. The number of rotatable bonds is 7. The Labute approximate surface area is 179 Å². The van der Waals surface area contributed by atoms with E-state index in [1.54, 1.807) is 0 Å². The quantitative estimate of drug-likeness (QED) is 0.300. The summed E-state index contributed by atoms with van der Waals surface area (Å²) in [6.45, 7) is 2.09. The number of primary sulfonamides is 1. The second-order valence-electron chi connectivity index (χ2n) is 7.66. The molecule has 31 heavy (non-hydrogen) atoms. The van der Waals surface area contributed by atoms with Crippen LogP contribution in [0.25, 0.3) is 11.4 Å². The lowest BCUT2D eigenvalue weighted by molar-refractivity contribution is 0.238. The Bertz CT molecular complexity index is 1150. The molecule has 2 fully saturated rings. The molecule has 2 aliphatic heterocycles. The van der Waals surface area contributed by atoms with Crippen LogP contribution in [0, 0.1) is 5.92 Å². The Morgan fingerprint density at radius 1 is 1.26 bits per heavy atom. The summed E-state index contributed by atoms with van der Waals surface area (Å²) in [5, 5.41) is 31.6. The number of sulfonamides is 2. The van der Waals surface area contributed by atoms with Crippen LogP contribution in [0.4, 0.5) is 5.69 Å². The van der Waals surface area contributed by atoms with Gasteiger partial charge in [-0.25, -0.2) is 26.7 Å². The van der Waals surface area contributed by atoms with Gasteiger partial charge in [0.15, 0.2) is 0 Å². The maximum absolute atomic E-state index is 13.1. The number of hydrogen-bond acceptors (Lipinski definition) is 10. The predicted octanol–water partition coefficient (Wildman–Crippen LogP) is -2.03. The number of nitrogens with one attached hydrogen (secondary N) is 3. The second kappa shape index (κ2) is 8.40. The zero-order valence-corrected chi connectivity index (χ0v) is 18.2. The Hall–Kier alpha value is -2.17. The van der Waals surface area contributed by atoms with Crippen LogP contribution in [0.2, 0.25) is 0 Å². The van der Waals surface area contributed by atoms with Gasteiger partial charge in [0.2, 0.25) is 25.9 Å². The van der Waals surface area contributed by atoms with Crippen LogP contribution in [0.1, 0.15) is 12.8 Å². The van der Waals surface area contributed by atoms with Crippen LogP contribution in [0.5, 0.6) is 0 Å². The fourth-order valence-electron chi connectivity index (χ4n) is 4.03. The Balaban J connectivity index is 1.90. The molecule has 170 valence electrons. The molecule has 2 atom stereocenters. The third-order valence-electron chi connectivity index (χ3n) is 5.51. The normalized spacial score (nSPS) is 22.3. The van der Waals surface area contributed by atoms with E-state index in [1.807, 2.05) is 4.90 Å². The number of aliphatic hydroxyl groups is 1. The molecule has 2 aliphatic rings. The van der Waals surface area contributed by atoms with Gasteiger partial charge in [0, 0.05) is 43.9 Å². The molecule has 0 unspecified atom stereocenters. The van der Waals surface area contributed by atoms with Crippen LogP contribution < -0.4 is 20.1 Å². The van der Waals surface area contributed by atoms with Crippen molar-refractivity contribution in [2.45, 2.75) is 28.7 Å². The van der Waals surface area contributed by atoms with Gasteiger partial charge in [0.05, 0.1) is 5.56 Å². The van der Waals surface area contributed by atoms with E-state index < -0.39 is 29.8 Å². The fourth-order valence-corrected chi connectivity index (χ4v) is 6.90. The largest absolute Gasteiger partial charge is 0.396 e. The van der Waals surface area contributed by atoms with E-state index in [9.17, 15) is 21.9 Å². The van der Waals surface area contributed by atoms with Crippen molar-refractivity contribution in [1.29, 1.82) is 0 Å². The molecule has 0 amide bonds. The van der Waals surface area contributed by atoms with E-state index >= 15 is 0 Å². The topological polar surface area (TPSA) is 196 Å². The van der Waals surface area contributed by atoms with Gasteiger partial charge >= 0.3 is 0 Å². The summed E-state index contributed by atoms with van der Waals surface area (Å²) in [5.74, 6) is -0.0814. The fraction of sp³-hybridized carbons (Fsp3) is 0.562. The van der Waals surface area contributed by atoms with Gasteiger partial charge < -0.3 is 15.3 Å². The highest BCUT2D eigenvalue weighted by Gasteiger charge is 2.35. The van der Waals surface area contributed by atoms with Gasteiger partial charge in [0.25, 0.3) is 0 Å². The first-order valence-electron chi connectivity index (χ1n) is 9.73. The van der Waals surface area contributed by atoms with E-state index in [2.05, 4.69) is 30.7 Å². The molecule has 15 heteroatoms. The Morgan fingerprint density at radius 3 is 2.65 bits per heavy atom. The van der Waals surface area contributed by atoms with Gasteiger partial charge in [-0.05, 0) is 36.7 Å². The van der Waals surface area contributed by atoms with E-state index in [-0.39, 0.29) is 30.0 Å². The number of hydrogen-bond donors (Lipinski definition) is 5. The molecular formula is C16H24N8O5S2. The minimum absolute atomic E-state index is 0.0102. The maximum atomic E-state index is 13.1. The molecule has 2 aromatic rings. The van der Waals surface area contributed by atoms with Crippen molar-refractivity contribution in [2.24, 2.45) is 11.1 Å². The number of benzene rings is 1. The summed E-state index contributed by atoms with van der Waals surface area (Å²) in [6, 6.07) is 2.38. The molecule has 4 rings (SSSR count). The van der Waals surface area contributed by atoms with Crippen molar-refractivity contribution in [3.63, 3.8) is 0 Å². The van der Waals surface area contributed by atoms with Crippen LogP contribution in [0.3, 0.4) is 0 Å². The molecule has 2 saturated heterocycles. The molecule has 0 aliphatic carbocycles. The van der Waals surface area contributed by atoms with Gasteiger partial charge in [-0.15, -0.1) is 10.2 Å². The molecule has 1 aromatic carbocycles. The Kier molecular flexibility index (Phi) is 5.97. The van der Waals surface area contributed by atoms with Gasteiger partial charge in [-0.2, -0.15) is 5.21 Å². The van der Waals surface area contributed by atoms with Gasteiger partial charge in [-0.1, -0.05) is 0 Å². The zero-order chi connectivity index (χ0) is 22.2. The highest BCUT2D eigenvalue weighted by molar-refractivity contribution is 7.92. The average molecular weight is 473 g/mol. The van der Waals surface area contributed by atoms with Crippen LogP contribution in [-0.2, 0) is 20.0 Å². The number of nitrogens with zero attached hydrogens (tertiary/aromatic N) is 4. The van der Waals surface area contributed by atoms with E-state index in [1.165, 1.54) is 12.1 Å². The highest BCUT2D eigenvalue weighted by Crippen LogP contribution is 2.40. The zero-order valence-electron chi connectivity index (χ0n) is 16.5. The molecule has 0 spiro atoms. The van der Waals surface area contributed by atoms with Crippen molar-refractivity contribution < 1.29 is 21.9 Å². The minimum Gasteiger partial charge on any atom is -0.396 e. The highest BCUT2D eigenvalue weighted by atomic mass is 32.2. The van der Waals surface area contributed by atoms with Crippen LogP contribution >= 0.6 is 0 Å². The van der Waals surface area contributed by atoms with Crippen molar-refractivity contribution in [1.82, 2.24) is 30.7 Å². The maximum Gasteiger partial charge on any atom is 0.242 e. The van der Waals surface area contributed by atoms with Crippen molar-refractivity contribution in [3.05, 3.63) is 12.1 Å². The van der Waals surface area contributed by atoms with E-state index in [0.717, 1.165) is 0 Å². The van der Waals surface area contributed by atoms with Crippen molar-refractivity contribution >= 4 is 25.7 Å². The second-order valence-corrected chi connectivity index (χ2v) is 10.8. The summed E-state index contributed by atoms with van der Waals surface area (Å²) in [4.78, 5) is 0.798. The van der Waals surface area contributed by atoms with Crippen molar-refractivity contribution in [3.8, 4) is 11.4 Å². The first-order chi connectivity index (χ1) is 14.7. The molecule has 0 saturated carbocycles. The summed E-state index contributed by atoms with van der Waals surface area (Å²) < 4.78 is 54.2. The summed E-state index contributed by atoms with van der Waals surface area (Å²) >= 11 is 0. The Morgan fingerprint density at radius 2 is 2.06 bits per heavy atom. The number of nitrogens with two attached hydrogens (primary N) is 1. The SMILES string of the molecule is NS(=O)(=O)c1c(S(=O)(=O)N[C@@H]2CCNC2)ccc(N2CC[C@@H](CO)C2)c1-c1nn[nH]n1. The lowest BCUT2D eigenvalue weighted by Crippen LogP contribution is -2.37.